The number of carbonyl (C=O) groups excluding carboxylic acids is 1. The second-order valence-electron chi connectivity index (χ2n) is 6.94. The quantitative estimate of drug-likeness (QED) is 0.845. The van der Waals surface area contributed by atoms with Gasteiger partial charge in [-0.25, -0.2) is 0 Å². The standard InChI is InChI=1S/C21H27N3O/c1-17(20-8-5-11-22-15-20)21(25)23-14-19-10-13-24(16-19)12-9-18-6-3-2-4-7-18/h2-8,11,15,17,19H,9-10,12-14,16H2,1H3,(H,23,25). The van der Waals surface area contributed by atoms with Crippen LogP contribution in [0.5, 0.6) is 0 Å². The summed E-state index contributed by atoms with van der Waals surface area (Å²) in [6, 6.07) is 14.5. The number of nitrogens with zero attached hydrogens (tertiary/aromatic N) is 2. The van der Waals surface area contributed by atoms with Crippen LogP contribution in [0.2, 0.25) is 0 Å². The second kappa shape index (κ2) is 8.77. The van der Waals surface area contributed by atoms with Gasteiger partial charge in [0, 0.05) is 32.0 Å². The Morgan fingerprint density at radius 3 is 2.88 bits per heavy atom. The number of hydrogen-bond donors (Lipinski definition) is 1. The van der Waals surface area contributed by atoms with Gasteiger partial charge in [-0.2, -0.15) is 0 Å². The monoisotopic (exact) mass is 337 g/mol. The molecule has 0 spiro atoms. The number of carbonyl (C=O) groups is 1. The summed E-state index contributed by atoms with van der Waals surface area (Å²) in [6.45, 7) is 6.01. The van der Waals surface area contributed by atoms with Crippen LogP contribution >= 0.6 is 0 Å². The van der Waals surface area contributed by atoms with E-state index in [9.17, 15) is 4.79 Å². The predicted octanol–water partition coefficient (Wildman–Crippen LogP) is 2.87. The highest BCUT2D eigenvalue weighted by Crippen LogP contribution is 2.17. The maximum Gasteiger partial charge on any atom is 0.227 e. The van der Waals surface area contributed by atoms with E-state index < -0.39 is 0 Å². The Labute approximate surface area is 150 Å². The van der Waals surface area contributed by atoms with Crippen LogP contribution in [0.3, 0.4) is 0 Å². The molecule has 1 saturated heterocycles. The van der Waals surface area contributed by atoms with Crippen LogP contribution in [0, 0.1) is 5.92 Å². The SMILES string of the molecule is CC(C(=O)NCC1CCN(CCc2ccccc2)C1)c1cccnc1. The highest BCUT2D eigenvalue weighted by molar-refractivity contribution is 5.83. The number of rotatable bonds is 7. The van der Waals surface area contributed by atoms with Crippen molar-refractivity contribution in [2.45, 2.75) is 25.7 Å². The zero-order valence-corrected chi connectivity index (χ0v) is 14.9. The van der Waals surface area contributed by atoms with Crippen LogP contribution in [-0.2, 0) is 11.2 Å². The fourth-order valence-corrected chi connectivity index (χ4v) is 3.40. The first kappa shape index (κ1) is 17.6. The van der Waals surface area contributed by atoms with E-state index in [0.29, 0.717) is 5.92 Å². The number of nitrogens with one attached hydrogen (secondary N) is 1. The minimum atomic E-state index is -0.149. The van der Waals surface area contributed by atoms with E-state index in [4.69, 9.17) is 0 Å². The molecule has 0 bridgehead atoms. The normalized spacial score (nSPS) is 18.8. The number of pyridine rings is 1. The van der Waals surface area contributed by atoms with Crippen LogP contribution in [0.25, 0.3) is 0 Å². The summed E-state index contributed by atoms with van der Waals surface area (Å²) in [4.78, 5) is 18.9. The summed E-state index contributed by atoms with van der Waals surface area (Å²) in [5.41, 5.74) is 2.36. The molecule has 1 fully saturated rings. The van der Waals surface area contributed by atoms with Crippen molar-refractivity contribution < 1.29 is 4.79 Å². The Morgan fingerprint density at radius 2 is 2.12 bits per heavy atom. The van der Waals surface area contributed by atoms with Crippen LogP contribution in [0.4, 0.5) is 0 Å². The van der Waals surface area contributed by atoms with Crippen molar-refractivity contribution in [3.63, 3.8) is 0 Å². The van der Waals surface area contributed by atoms with Crippen molar-refractivity contribution in [2.75, 3.05) is 26.2 Å². The third-order valence-electron chi connectivity index (χ3n) is 5.07. The van der Waals surface area contributed by atoms with E-state index in [0.717, 1.165) is 44.6 Å². The van der Waals surface area contributed by atoms with Crippen molar-refractivity contribution in [1.82, 2.24) is 15.2 Å². The summed E-state index contributed by atoms with van der Waals surface area (Å²) in [5.74, 6) is 0.501. The van der Waals surface area contributed by atoms with E-state index >= 15 is 0 Å². The topological polar surface area (TPSA) is 45.2 Å². The van der Waals surface area contributed by atoms with Gasteiger partial charge in [0.25, 0.3) is 0 Å². The summed E-state index contributed by atoms with van der Waals surface area (Å²) < 4.78 is 0. The van der Waals surface area contributed by atoms with Crippen molar-refractivity contribution in [3.05, 3.63) is 66.0 Å². The predicted molar refractivity (Wildman–Crippen MR) is 100 cm³/mol. The molecule has 1 aromatic heterocycles. The van der Waals surface area contributed by atoms with Crippen molar-refractivity contribution in [3.8, 4) is 0 Å². The molecule has 2 aromatic rings. The van der Waals surface area contributed by atoms with Gasteiger partial charge in [0.05, 0.1) is 5.92 Å². The van der Waals surface area contributed by atoms with Gasteiger partial charge in [-0.05, 0) is 49.4 Å². The molecule has 4 nitrogen and oxygen atoms in total. The lowest BCUT2D eigenvalue weighted by Gasteiger charge is -2.17. The molecule has 2 heterocycles. The molecule has 1 aliphatic heterocycles. The summed E-state index contributed by atoms with van der Waals surface area (Å²) in [6.07, 6.45) is 5.76. The van der Waals surface area contributed by atoms with E-state index in [2.05, 4.69) is 45.5 Å². The van der Waals surface area contributed by atoms with Gasteiger partial charge in [-0.1, -0.05) is 36.4 Å². The minimum absolute atomic E-state index is 0.0933. The maximum atomic E-state index is 12.3. The van der Waals surface area contributed by atoms with Crippen molar-refractivity contribution in [2.24, 2.45) is 5.92 Å². The largest absolute Gasteiger partial charge is 0.355 e. The molecule has 1 amide bonds. The Hall–Kier alpha value is -2.20. The number of benzene rings is 1. The molecule has 132 valence electrons. The van der Waals surface area contributed by atoms with Gasteiger partial charge in [0.2, 0.25) is 5.91 Å². The molecule has 0 saturated carbocycles. The third-order valence-corrected chi connectivity index (χ3v) is 5.07. The first-order valence-corrected chi connectivity index (χ1v) is 9.16. The average Bonchev–Trinajstić information content (AvgIpc) is 3.13. The molecule has 2 atom stereocenters. The fraction of sp³-hybridized carbons (Fsp3) is 0.429. The zero-order valence-electron chi connectivity index (χ0n) is 14.9. The minimum Gasteiger partial charge on any atom is -0.355 e. The van der Waals surface area contributed by atoms with Gasteiger partial charge in [-0.15, -0.1) is 0 Å². The van der Waals surface area contributed by atoms with E-state index in [1.807, 2.05) is 19.1 Å². The van der Waals surface area contributed by atoms with Crippen LogP contribution in [0.1, 0.15) is 30.4 Å². The highest BCUT2D eigenvalue weighted by atomic mass is 16.1. The molecule has 1 N–H and O–H groups in total. The van der Waals surface area contributed by atoms with Gasteiger partial charge in [0.15, 0.2) is 0 Å². The van der Waals surface area contributed by atoms with Gasteiger partial charge in [0.1, 0.15) is 0 Å². The molecule has 1 aromatic carbocycles. The third kappa shape index (κ3) is 5.13. The molecule has 0 radical (unpaired) electrons. The maximum absolute atomic E-state index is 12.3. The Bertz CT molecular complexity index is 659. The van der Waals surface area contributed by atoms with E-state index in [1.54, 1.807) is 12.4 Å². The Morgan fingerprint density at radius 1 is 1.28 bits per heavy atom. The lowest BCUT2D eigenvalue weighted by molar-refractivity contribution is -0.122. The van der Waals surface area contributed by atoms with Crippen LogP contribution in [-0.4, -0.2) is 42.0 Å². The number of amides is 1. The Balaban J connectivity index is 1.39. The molecule has 2 unspecified atom stereocenters. The zero-order chi connectivity index (χ0) is 17.5. The smallest absolute Gasteiger partial charge is 0.227 e. The molecule has 0 aliphatic carbocycles. The second-order valence-corrected chi connectivity index (χ2v) is 6.94. The number of aromatic nitrogens is 1. The fourth-order valence-electron chi connectivity index (χ4n) is 3.40. The van der Waals surface area contributed by atoms with Gasteiger partial charge >= 0.3 is 0 Å². The van der Waals surface area contributed by atoms with E-state index in [-0.39, 0.29) is 11.8 Å². The summed E-state index contributed by atoms with van der Waals surface area (Å²) >= 11 is 0. The number of hydrogen-bond acceptors (Lipinski definition) is 3. The molecular formula is C21H27N3O. The van der Waals surface area contributed by atoms with Gasteiger partial charge < -0.3 is 10.2 Å². The Kier molecular flexibility index (Phi) is 6.18. The van der Waals surface area contributed by atoms with E-state index in [1.165, 1.54) is 5.56 Å². The van der Waals surface area contributed by atoms with Crippen LogP contribution < -0.4 is 5.32 Å². The lowest BCUT2D eigenvalue weighted by atomic mass is 10.0. The first-order valence-electron chi connectivity index (χ1n) is 9.16. The lowest BCUT2D eigenvalue weighted by Crippen LogP contribution is -2.34. The number of likely N-dealkylation sites (tertiary alicyclic amines) is 1. The molecule has 1 aliphatic rings. The average molecular weight is 337 g/mol. The summed E-state index contributed by atoms with van der Waals surface area (Å²) in [5, 5.41) is 3.12. The van der Waals surface area contributed by atoms with Crippen LogP contribution in [0.15, 0.2) is 54.9 Å². The highest BCUT2D eigenvalue weighted by Gasteiger charge is 2.23. The molecule has 4 heteroatoms. The van der Waals surface area contributed by atoms with Crippen molar-refractivity contribution in [1.29, 1.82) is 0 Å². The first-order chi connectivity index (χ1) is 12.2. The van der Waals surface area contributed by atoms with Crippen molar-refractivity contribution >= 4 is 5.91 Å². The summed E-state index contributed by atoms with van der Waals surface area (Å²) in [7, 11) is 0. The molecule has 3 rings (SSSR count). The molecule has 25 heavy (non-hydrogen) atoms. The molecular weight excluding hydrogens is 310 g/mol. The van der Waals surface area contributed by atoms with Gasteiger partial charge in [-0.3, -0.25) is 9.78 Å².